The zero-order valence-electron chi connectivity index (χ0n) is 35.1. The van der Waals surface area contributed by atoms with Crippen molar-refractivity contribution in [1.29, 1.82) is 0 Å². The molecular formula is C51H63N3O2. The van der Waals surface area contributed by atoms with Crippen LogP contribution in [0.4, 0.5) is 11.4 Å². The van der Waals surface area contributed by atoms with Gasteiger partial charge < -0.3 is 19.3 Å². The first-order valence-electron chi connectivity index (χ1n) is 20.6. The number of methoxy groups -OCH3 is 2. The van der Waals surface area contributed by atoms with E-state index in [1.807, 2.05) is 0 Å². The average molecular weight is 750 g/mol. The van der Waals surface area contributed by atoms with Crippen molar-refractivity contribution in [3.8, 4) is 0 Å². The van der Waals surface area contributed by atoms with Crippen molar-refractivity contribution in [3.05, 3.63) is 166 Å². The second kappa shape index (κ2) is 18.5. The minimum absolute atomic E-state index is 0.137. The Morgan fingerprint density at radius 2 is 1.66 bits per heavy atom. The molecule has 1 unspecified atom stereocenters. The topological polar surface area (TPSA) is 37.3 Å². The second-order valence-corrected chi connectivity index (χ2v) is 16.5. The zero-order chi connectivity index (χ0) is 39.7. The maximum Gasteiger partial charge on any atom is 0.0560 e. The molecule has 0 N–H and O–H groups in total. The van der Waals surface area contributed by atoms with Gasteiger partial charge in [0.15, 0.2) is 0 Å². The molecule has 2 aliphatic carbocycles. The average Bonchev–Trinajstić information content (AvgIpc) is 3.68. The lowest BCUT2D eigenvalue weighted by Gasteiger charge is -2.35. The van der Waals surface area contributed by atoms with Crippen molar-refractivity contribution in [2.75, 3.05) is 50.3 Å². The number of anilines is 2. The first kappa shape index (κ1) is 40.9. The van der Waals surface area contributed by atoms with Crippen molar-refractivity contribution in [3.63, 3.8) is 0 Å². The summed E-state index contributed by atoms with van der Waals surface area (Å²) < 4.78 is 10.9. The van der Waals surface area contributed by atoms with Crippen LogP contribution in [0.25, 0.3) is 0 Å². The Hall–Kier alpha value is -4.71. The van der Waals surface area contributed by atoms with E-state index in [1.165, 1.54) is 56.2 Å². The summed E-state index contributed by atoms with van der Waals surface area (Å²) in [6, 6.07) is 27.0. The highest BCUT2D eigenvalue weighted by atomic mass is 16.5. The van der Waals surface area contributed by atoms with Crippen LogP contribution < -0.4 is 9.80 Å². The molecule has 0 radical (unpaired) electrons. The van der Waals surface area contributed by atoms with Gasteiger partial charge >= 0.3 is 0 Å². The number of benzene rings is 3. The normalized spacial score (nSPS) is 19.6. The Labute approximate surface area is 337 Å². The summed E-state index contributed by atoms with van der Waals surface area (Å²) in [5, 5.41) is 0. The van der Waals surface area contributed by atoms with E-state index >= 15 is 0 Å². The number of allylic oxidation sites excluding steroid dienone is 9. The second-order valence-electron chi connectivity index (χ2n) is 16.5. The van der Waals surface area contributed by atoms with Crippen LogP contribution in [0.2, 0.25) is 0 Å². The van der Waals surface area contributed by atoms with Crippen molar-refractivity contribution in [2.24, 2.45) is 4.99 Å². The number of fused-ring (bicyclic) bond motifs is 1. The number of aliphatic imine (C=N–C) groups is 1. The van der Waals surface area contributed by atoms with Gasteiger partial charge in [0.25, 0.3) is 0 Å². The van der Waals surface area contributed by atoms with Crippen LogP contribution in [0.15, 0.2) is 149 Å². The van der Waals surface area contributed by atoms with Gasteiger partial charge in [0.1, 0.15) is 0 Å². The molecule has 0 spiro atoms. The molecule has 3 aromatic carbocycles. The molecule has 5 nitrogen and oxygen atoms in total. The number of rotatable bonds is 16. The fraction of sp³-hybridized carbons (Fsp3) is 0.392. The van der Waals surface area contributed by atoms with Gasteiger partial charge in [0.2, 0.25) is 0 Å². The summed E-state index contributed by atoms with van der Waals surface area (Å²) in [6.45, 7) is 16.8. The Bertz CT molecular complexity index is 2040. The number of hydrogen-bond acceptors (Lipinski definition) is 5. The minimum atomic E-state index is -0.276. The lowest BCUT2D eigenvalue weighted by atomic mass is 9.79. The molecule has 3 aromatic rings. The van der Waals surface area contributed by atoms with E-state index < -0.39 is 0 Å². The molecule has 0 amide bonds. The van der Waals surface area contributed by atoms with E-state index in [4.69, 9.17) is 14.5 Å². The Balaban J connectivity index is 1.49. The summed E-state index contributed by atoms with van der Waals surface area (Å²) in [5.41, 5.74) is 13.8. The predicted molar refractivity (Wildman–Crippen MR) is 238 cm³/mol. The van der Waals surface area contributed by atoms with Crippen LogP contribution in [0, 0.1) is 13.8 Å². The lowest BCUT2D eigenvalue weighted by molar-refractivity contribution is 0.196. The number of para-hydroxylation sites is 1. The number of aryl methyl sites for hydroxylation is 2. The summed E-state index contributed by atoms with van der Waals surface area (Å²) >= 11 is 0. The van der Waals surface area contributed by atoms with E-state index in [-0.39, 0.29) is 16.9 Å². The van der Waals surface area contributed by atoms with Gasteiger partial charge in [-0.05, 0) is 98.6 Å². The molecule has 294 valence electrons. The first-order chi connectivity index (χ1) is 27.1. The SMILES string of the molecule is COCCCN=C(/C=C/C1=C(N(c2ccccc2)C2C=CC=CC2)C(=C/C=C2/N(CCCOC)c3ccc(C)cc3C2(C)C)/CC1)C(C)(C)c1cccc(C)c1. The third-order valence-corrected chi connectivity index (χ3v) is 11.7. The molecule has 0 saturated heterocycles. The molecule has 3 aliphatic rings. The van der Waals surface area contributed by atoms with Crippen LogP contribution in [0.1, 0.15) is 82.1 Å². The summed E-state index contributed by atoms with van der Waals surface area (Å²) in [5.74, 6) is 0. The summed E-state index contributed by atoms with van der Waals surface area (Å²) in [6.07, 6.45) is 23.3. The van der Waals surface area contributed by atoms with E-state index in [9.17, 15) is 0 Å². The standard InChI is InChI=1S/C51H63N3O2/c1-38-18-15-19-42(36-38)50(3,4)47(52-32-16-34-55-7)30-27-40-25-26-41(49(40)54(43-20-11-9-12-21-43)44-22-13-10-14-23-44)28-31-48-51(5,6)45-37-39(2)24-29-46(45)53(48)33-17-35-56-8/h9-15,18-22,24,27-31,36-37,44H,16-17,23,25-26,32-35H2,1-8H3/b30-27+,41-28+,48-31+,52-47?. The maximum atomic E-state index is 5.51. The summed E-state index contributed by atoms with van der Waals surface area (Å²) in [7, 11) is 3.56. The van der Waals surface area contributed by atoms with Gasteiger partial charge in [-0.15, -0.1) is 0 Å². The largest absolute Gasteiger partial charge is 0.385 e. The van der Waals surface area contributed by atoms with Crippen LogP contribution >= 0.6 is 0 Å². The fourth-order valence-electron chi connectivity index (χ4n) is 8.49. The van der Waals surface area contributed by atoms with Gasteiger partial charge in [0.05, 0.1) is 6.04 Å². The van der Waals surface area contributed by atoms with Crippen LogP contribution in [0.5, 0.6) is 0 Å². The number of ether oxygens (including phenoxy) is 2. The molecule has 0 saturated carbocycles. The molecule has 5 heteroatoms. The fourth-order valence-corrected chi connectivity index (χ4v) is 8.49. The van der Waals surface area contributed by atoms with E-state index in [1.54, 1.807) is 14.2 Å². The lowest BCUT2D eigenvalue weighted by Crippen LogP contribution is -2.34. The minimum Gasteiger partial charge on any atom is -0.385 e. The smallest absolute Gasteiger partial charge is 0.0560 e. The number of nitrogens with zero attached hydrogens (tertiary/aromatic N) is 3. The first-order valence-corrected chi connectivity index (χ1v) is 20.6. The Morgan fingerprint density at radius 3 is 2.39 bits per heavy atom. The molecule has 0 bridgehead atoms. The van der Waals surface area contributed by atoms with Crippen LogP contribution in [-0.2, 0) is 20.3 Å². The van der Waals surface area contributed by atoms with E-state index in [2.05, 4.69) is 173 Å². The monoisotopic (exact) mass is 749 g/mol. The van der Waals surface area contributed by atoms with Crippen molar-refractivity contribution in [2.45, 2.75) is 90.5 Å². The van der Waals surface area contributed by atoms with Crippen LogP contribution in [-0.4, -0.2) is 52.3 Å². The van der Waals surface area contributed by atoms with Crippen molar-refractivity contribution >= 4 is 17.1 Å². The van der Waals surface area contributed by atoms with Gasteiger partial charge in [-0.3, -0.25) is 4.99 Å². The van der Waals surface area contributed by atoms with Crippen molar-refractivity contribution < 1.29 is 9.47 Å². The maximum absolute atomic E-state index is 5.51. The van der Waals surface area contributed by atoms with Crippen LogP contribution in [0.3, 0.4) is 0 Å². The van der Waals surface area contributed by atoms with Crippen molar-refractivity contribution in [1.82, 2.24) is 0 Å². The highest BCUT2D eigenvalue weighted by Crippen LogP contribution is 2.49. The molecule has 1 heterocycles. The molecule has 56 heavy (non-hydrogen) atoms. The molecule has 1 aliphatic heterocycles. The molecule has 1 atom stereocenters. The van der Waals surface area contributed by atoms with Gasteiger partial charge in [0, 0.05) is 79.8 Å². The Morgan fingerprint density at radius 1 is 0.893 bits per heavy atom. The quantitative estimate of drug-likeness (QED) is 0.108. The predicted octanol–water partition coefficient (Wildman–Crippen LogP) is 11.7. The van der Waals surface area contributed by atoms with Gasteiger partial charge in [-0.1, -0.05) is 130 Å². The molecule has 0 aromatic heterocycles. The molecule has 0 fully saturated rings. The van der Waals surface area contributed by atoms with E-state index in [0.717, 1.165) is 57.5 Å². The molecular weight excluding hydrogens is 687 g/mol. The van der Waals surface area contributed by atoms with E-state index in [0.29, 0.717) is 6.61 Å². The highest BCUT2D eigenvalue weighted by Gasteiger charge is 2.40. The Kier molecular flexibility index (Phi) is 13.5. The van der Waals surface area contributed by atoms with Gasteiger partial charge in [-0.25, -0.2) is 0 Å². The number of hydrogen-bond donors (Lipinski definition) is 0. The third kappa shape index (κ3) is 9.12. The summed E-state index contributed by atoms with van der Waals surface area (Å²) in [4.78, 5) is 10.4. The van der Waals surface area contributed by atoms with Gasteiger partial charge in [-0.2, -0.15) is 0 Å². The third-order valence-electron chi connectivity index (χ3n) is 11.7. The molecule has 6 rings (SSSR count). The zero-order valence-corrected chi connectivity index (χ0v) is 35.1. The highest BCUT2D eigenvalue weighted by molar-refractivity contribution is 6.03.